The second kappa shape index (κ2) is 13.7. The number of hydrogen-bond donors (Lipinski definition) is 0. The van der Waals surface area contributed by atoms with Crippen molar-refractivity contribution in [2.75, 3.05) is 4.90 Å². The average molecular weight is 786 g/mol. The van der Waals surface area contributed by atoms with Gasteiger partial charge in [-0.2, -0.15) is 0 Å². The lowest BCUT2D eigenvalue weighted by atomic mass is 9.80. The van der Waals surface area contributed by atoms with Gasteiger partial charge < -0.3 is 4.90 Å². The first-order valence-electron chi connectivity index (χ1n) is 21.9. The number of fused-ring (bicyclic) bond motifs is 10. The van der Waals surface area contributed by atoms with Gasteiger partial charge in [0.25, 0.3) is 0 Å². The van der Waals surface area contributed by atoms with E-state index in [1.165, 1.54) is 139 Å². The van der Waals surface area contributed by atoms with Crippen molar-refractivity contribution in [3.8, 4) is 44.5 Å². The number of anilines is 3. The Morgan fingerprint density at radius 1 is 0.377 bits per heavy atom. The van der Waals surface area contributed by atoms with E-state index in [0.717, 1.165) is 6.42 Å². The maximum Gasteiger partial charge on any atom is 0.0490 e. The van der Waals surface area contributed by atoms with Crippen molar-refractivity contribution < 1.29 is 0 Å². The first kappa shape index (κ1) is 37.3. The highest BCUT2D eigenvalue weighted by molar-refractivity contribution is 6.10. The zero-order valence-corrected chi connectivity index (χ0v) is 36.6. The van der Waals surface area contributed by atoms with Gasteiger partial charge in [0.1, 0.15) is 0 Å². The normalized spacial score (nSPS) is 13.3. The molecule has 1 nitrogen and oxygen atoms in total. The molecular weight excluding hydrogens is 735 g/mol. The topological polar surface area (TPSA) is 3.24 Å². The molecule has 0 atom stereocenters. The molecule has 61 heavy (non-hydrogen) atoms. The lowest BCUT2D eigenvalue weighted by Crippen LogP contribution is -2.17. The molecule has 0 saturated heterocycles. The highest BCUT2D eigenvalue weighted by Gasteiger charge is 2.38. The zero-order chi connectivity index (χ0) is 41.9. The highest BCUT2D eigenvalue weighted by atomic mass is 15.1. The van der Waals surface area contributed by atoms with E-state index in [-0.39, 0.29) is 5.41 Å². The van der Waals surface area contributed by atoms with Crippen molar-refractivity contribution in [1.82, 2.24) is 0 Å². The van der Waals surface area contributed by atoms with Crippen LogP contribution < -0.4 is 4.90 Å². The second-order valence-corrected chi connectivity index (χ2v) is 18.5. The Kier molecular flexibility index (Phi) is 8.36. The fourth-order valence-corrected chi connectivity index (χ4v) is 10.9. The predicted molar refractivity (Wildman–Crippen MR) is 261 cm³/mol. The van der Waals surface area contributed by atoms with E-state index in [9.17, 15) is 0 Å². The molecule has 0 fully saturated rings. The molecule has 0 aliphatic heterocycles. The molecule has 0 radical (unpaired) electrons. The Labute approximate surface area is 361 Å². The van der Waals surface area contributed by atoms with Crippen molar-refractivity contribution in [2.24, 2.45) is 0 Å². The summed E-state index contributed by atoms with van der Waals surface area (Å²) >= 11 is 0. The molecule has 2 aliphatic carbocycles. The number of rotatable bonds is 5. The Balaban J connectivity index is 1.07. The molecule has 9 aromatic carbocycles. The number of aryl methyl sites for hydroxylation is 6. The maximum absolute atomic E-state index is 2.51. The van der Waals surface area contributed by atoms with Gasteiger partial charge in [0.2, 0.25) is 0 Å². The Morgan fingerprint density at radius 2 is 0.918 bits per heavy atom. The van der Waals surface area contributed by atoms with Crippen LogP contribution in [0.3, 0.4) is 0 Å². The summed E-state index contributed by atoms with van der Waals surface area (Å²) in [5.74, 6) is 0. The highest BCUT2D eigenvalue weighted by Crippen LogP contribution is 2.55. The van der Waals surface area contributed by atoms with Crippen LogP contribution in [0.5, 0.6) is 0 Å². The van der Waals surface area contributed by atoms with Crippen molar-refractivity contribution in [3.63, 3.8) is 0 Å². The smallest absolute Gasteiger partial charge is 0.0490 e. The van der Waals surface area contributed by atoms with Crippen LogP contribution >= 0.6 is 0 Å². The number of hydrogen-bond acceptors (Lipinski definition) is 1. The molecule has 0 N–H and O–H groups in total. The predicted octanol–water partition coefficient (Wildman–Crippen LogP) is 16.5. The number of nitrogens with zero attached hydrogens (tertiary/aromatic N) is 1. The van der Waals surface area contributed by atoms with E-state index in [1.807, 2.05) is 0 Å². The van der Waals surface area contributed by atoms with E-state index >= 15 is 0 Å². The summed E-state index contributed by atoms with van der Waals surface area (Å²) in [6, 6.07) is 58.1. The molecule has 11 rings (SSSR count). The van der Waals surface area contributed by atoms with Gasteiger partial charge in [0.15, 0.2) is 0 Å². The van der Waals surface area contributed by atoms with E-state index in [2.05, 4.69) is 212 Å². The van der Waals surface area contributed by atoms with E-state index in [1.54, 1.807) is 0 Å². The third-order valence-electron chi connectivity index (χ3n) is 14.0. The molecule has 0 aromatic heterocycles. The minimum absolute atomic E-state index is 0.209. The first-order chi connectivity index (χ1) is 29.5. The largest absolute Gasteiger partial charge is 0.310 e. The van der Waals surface area contributed by atoms with Gasteiger partial charge in [-0.05, 0) is 195 Å². The first-order valence-corrected chi connectivity index (χ1v) is 21.9. The fraction of sp³-hybridized carbons (Fsp3) is 0.167. The monoisotopic (exact) mass is 785 g/mol. The molecule has 0 saturated carbocycles. The van der Waals surface area contributed by atoms with E-state index in [0.29, 0.717) is 0 Å². The van der Waals surface area contributed by atoms with E-state index < -0.39 is 0 Å². The van der Waals surface area contributed by atoms with Gasteiger partial charge in [0, 0.05) is 22.5 Å². The average Bonchev–Trinajstić information content (AvgIpc) is 3.74. The molecule has 0 unspecified atom stereocenters. The second-order valence-electron chi connectivity index (χ2n) is 18.5. The standard InChI is InChI=1S/C60H51N/c1-35-19-26-57(40(6)27-35)61(43-22-24-45-41(31-43)30-42-32-53(51-28-36(2)17-20-38(51)4)46-13-9-11-15-48(46)58(42)45)44-23-25-50-55(33-44)60(7,8)56-34-54(52-29-37(3)18-21-39(52)5)47-14-10-12-16-49(47)59(50)56/h9-29,31-34H,30H2,1-8H3. The van der Waals surface area contributed by atoms with Gasteiger partial charge in [-0.1, -0.05) is 140 Å². The maximum atomic E-state index is 2.51. The van der Waals surface area contributed by atoms with Crippen molar-refractivity contribution >= 4 is 38.6 Å². The van der Waals surface area contributed by atoms with Crippen LogP contribution in [-0.2, 0) is 11.8 Å². The molecule has 9 aromatic rings. The van der Waals surface area contributed by atoms with Gasteiger partial charge in [0.05, 0.1) is 0 Å². The molecule has 0 bridgehead atoms. The third kappa shape index (κ3) is 5.74. The minimum Gasteiger partial charge on any atom is -0.310 e. The van der Waals surface area contributed by atoms with E-state index in [4.69, 9.17) is 0 Å². The molecule has 0 heterocycles. The third-order valence-corrected chi connectivity index (χ3v) is 14.0. The Bertz CT molecular complexity index is 3320. The summed E-state index contributed by atoms with van der Waals surface area (Å²) in [5.41, 5.74) is 27.4. The molecular formula is C60H51N. The summed E-state index contributed by atoms with van der Waals surface area (Å²) in [7, 11) is 0. The summed E-state index contributed by atoms with van der Waals surface area (Å²) in [6.07, 6.45) is 0.907. The molecule has 1 heteroatoms. The van der Waals surface area contributed by atoms with Crippen molar-refractivity contribution in [2.45, 2.75) is 67.2 Å². The van der Waals surface area contributed by atoms with Crippen LogP contribution in [0.25, 0.3) is 66.1 Å². The van der Waals surface area contributed by atoms with Crippen LogP contribution in [0.4, 0.5) is 17.1 Å². The number of benzene rings is 9. The Morgan fingerprint density at radius 3 is 1.56 bits per heavy atom. The fourth-order valence-electron chi connectivity index (χ4n) is 10.9. The SMILES string of the molecule is Cc1ccc(N(c2ccc3c(c2)Cc2cc(-c4cc(C)ccc4C)c4ccccc4c2-3)c2ccc3c(c2)C(C)(C)c2cc(-c4cc(C)ccc4C)c4ccccc4c2-3)c(C)c1. The van der Waals surface area contributed by atoms with Crippen LogP contribution in [0.1, 0.15) is 69.5 Å². The van der Waals surface area contributed by atoms with Crippen LogP contribution in [0.15, 0.2) is 152 Å². The summed E-state index contributed by atoms with van der Waals surface area (Å²) < 4.78 is 0. The van der Waals surface area contributed by atoms with Gasteiger partial charge in [-0.3, -0.25) is 0 Å². The van der Waals surface area contributed by atoms with Crippen LogP contribution in [-0.4, -0.2) is 0 Å². The van der Waals surface area contributed by atoms with Crippen LogP contribution in [0, 0.1) is 41.5 Å². The molecule has 0 spiro atoms. The van der Waals surface area contributed by atoms with Crippen LogP contribution in [0.2, 0.25) is 0 Å². The quantitative estimate of drug-likeness (QED) is 0.168. The summed E-state index contributed by atoms with van der Waals surface area (Å²) in [4.78, 5) is 2.51. The molecule has 0 amide bonds. The van der Waals surface area contributed by atoms with Crippen molar-refractivity contribution in [1.29, 1.82) is 0 Å². The lowest BCUT2D eigenvalue weighted by molar-refractivity contribution is 0.661. The Hall–Kier alpha value is -6.70. The molecule has 296 valence electrons. The zero-order valence-electron chi connectivity index (χ0n) is 36.6. The van der Waals surface area contributed by atoms with Crippen molar-refractivity contribution in [3.05, 3.63) is 207 Å². The minimum atomic E-state index is -0.209. The summed E-state index contributed by atoms with van der Waals surface area (Å²) in [5, 5.41) is 5.29. The van der Waals surface area contributed by atoms with Gasteiger partial charge >= 0.3 is 0 Å². The summed E-state index contributed by atoms with van der Waals surface area (Å²) in [6.45, 7) is 18.2. The van der Waals surface area contributed by atoms with Gasteiger partial charge in [-0.15, -0.1) is 0 Å². The van der Waals surface area contributed by atoms with Gasteiger partial charge in [-0.25, -0.2) is 0 Å². The molecule has 2 aliphatic rings. The lowest BCUT2D eigenvalue weighted by Gasteiger charge is -2.30.